The van der Waals surface area contributed by atoms with Crippen molar-refractivity contribution in [1.29, 1.82) is 0 Å². The molecular formula is C22H25N3O3S3. The normalized spacial score (nSPS) is 12.5. The Hall–Kier alpha value is -2.20. The number of anilines is 1. The molecule has 1 heterocycles. The van der Waals surface area contributed by atoms with Gasteiger partial charge >= 0.3 is 0 Å². The average Bonchev–Trinajstić information content (AvgIpc) is 3.20. The van der Waals surface area contributed by atoms with Gasteiger partial charge in [0.2, 0.25) is 15.9 Å². The van der Waals surface area contributed by atoms with Crippen molar-refractivity contribution in [2.75, 3.05) is 17.3 Å². The highest BCUT2D eigenvalue weighted by atomic mass is 32.2. The molecule has 2 N–H and O–H groups in total. The van der Waals surface area contributed by atoms with Crippen molar-refractivity contribution in [2.45, 2.75) is 31.2 Å². The second-order valence-corrected chi connectivity index (χ2v) is 10.7. The summed E-state index contributed by atoms with van der Waals surface area (Å²) < 4.78 is 28.1. The first-order valence-electron chi connectivity index (χ1n) is 9.70. The molecule has 1 unspecified atom stereocenters. The van der Waals surface area contributed by atoms with Gasteiger partial charge in [-0.05, 0) is 44.4 Å². The molecule has 6 nitrogen and oxygen atoms in total. The fourth-order valence-corrected chi connectivity index (χ4v) is 5.26. The van der Waals surface area contributed by atoms with Gasteiger partial charge in [-0.2, -0.15) is 16.5 Å². The summed E-state index contributed by atoms with van der Waals surface area (Å²) in [5.41, 5.74) is 3.84. The van der Waals surface area contributed by atoms with E-state index in [0.717, 1.165) is 22.4 Å². The summed E-state index contributed by atoms with van der Waals surface area (Å²) in [6.07, 6.45) is 2.28. The number of thioether (sulfide) groups is 1. The Morgan fingerprint density at radius 3 is 2.29 bits per heavy atom. The molecular weight excluding hydrogens is 450 g/mol. The molecule has 3 aromatic rings. The Morgan fingerprint density at radius 2 is 1.68 bits per heavy atom. The maximum Gasteiger partial charge on any atom is 0.244 e. The van der Waals surface area contributed by atoms with Crippen molar-refractivity contribution >= 4 is 44.2 Å². The summed E-state index contributed by atoms with van der Waals surface area (Å²) >= 11 is 2.86. The molecule has 0 saturated carbocycles. The maximum atomic E-state index is 12.9. The van der Waals surface area contributed by atoms with Crippen molar-refractivity contribution in [2.24, 2.45) is 0 Å². The molecule has 3 rings (SSSR count). The van der Waals surface area contributed by atoms with Crippen molar-refractivity contribution in [3.05, 3.63) is 65.0 Å². The number of aromatic nitrogens is 1. The average molecular weight is 476 g/mol. The van der Waals surface area contributed by atoms with Crippen molar-refractivity contribution in [3.8, 4) is 11.3 Å². The third-order valence-electron chi connectivity index (χ3n) is 4.64. The monoisotopic (exact) mass is 475 g/mol. The lowest BCUT2D eigenvalue weighted by Gasteiger charge is -2.17. The van der Waals surface area contributed by atoms with E-state index in [1.807, 2.05) is 49.7 Å². The number of aryl methyl sites for hydroxylation is 2. The zero-order chi connectivity index (χ0) is 22.4. The lowest BCUT2D eigenvalue weighted by atomic mass is 10.1. The van der Waals surface area contributed by atoms with E-state index in [-0.39, 0.29) is 4.90 Å². The van der Waals surface area contributed by atoms with Gasteiger partial charge in [-0.1, -0.05) is 47.5 Å². The summed E-state index contributed by atoms with van der Waals surface area (Å²) in [7, 11) is -3.82. The number of nitrogens with one attached hydrogen (secondary N) is 2. The van der Waals surface area contributed by atoms with Crippen LogP contribution in [-0.2, 0) is 14.8 Å². The Morgan fingerprint density at radius 1 is 1.06 bits per heavy atom. The number of carbonyl (C=O) groups is 1. The Kier molecular flexibility index (Phi) is 7.88. The highest BCUT2D eigenvalue weighted by molar-refractivity contribution is 7.98. The molecule has 9 heteroatoms. The second kappa shape index (κ2) is 10.4. The maximum absolute atomic E-state index is 12.9. The third kappa shape index (κ3) is 6.39. The van der Waals surface area contributed by atoms with E-state index in [9.17, 15) is 13.2 Å². The SMILES string of the molecule is CSCCC(NS(=O)(=O)c1ccc(C)cc1)C(=O)Nc1nc(-c2ccc(C)cc2)cs1. The van der Waals surface area contributed by atoms with E-state index in [1.165, 1.54) is 23.5 Å². The van der Waals surface area contributed by atoms with Gasteiger partial charge in [0.1, 0.15) is 6.04 Å². The van der Waals surface area contributed by atoms with Gasteiger partial charge in [-0.3, -0.25) is 4.79 Å². The van der Waals surface area contributed by atoms with Gasteiger partial charge in [-0.15, -0.1) is 11.3 Å². The van der Waals surface area contributed by atoms with E-state index in [0.29, 0.717) is 17.3 Å². The van der Waals surface area contributed by atoms with Gasteiger partial charge in [0.05, 0.1) is 10.6 Å². The van der Waals surface area contributed by atoms with Crippen molar-refractivity contribution in [1.82, 2.24) is 9.71 Å². The van der Waals surface area contributed by atoms with Gasteiger partial charge in [-0.25, -0.2) is 13.4 Å². The van der Waals surface area contributed by atoms with Crippen LogP contribution >= 0.6 is 23.1 Å². The van der Waals surface area contributed by atoms with Crippen LogP contribution in [0.2, 0.25) is 0 Å². The van der Waals surface area contributed by atoms with E-state index in [2.05, 4.69) is 15.0 Å². The van der Waals surface area contributed by atoms with Crippen LogP contribution < -0.4 is 10.0 Å². The predicted octanol–water partition coefficient (Wildman–Crippen LogP) is 4.47. The van der Waals surface area contributed by atoms with E-state index >= 15 is 0 Å². The molecule has 0 saturated heterocycles. The summed E-state index contributed by atoms with van der Waals surface area (Å²) in [5, 5.41) is 5.07. The van der Waals surface area contributed by atoms with Crippen LogP contribution in [0.5, 0.6) is 0 Å². The topological polar surface area (TPSA) is 88.2 Å². The van der Waals surface area contributed by atoms with Gasteiger partial charge in [0, 0.05) is 10.9 Å². The Bertz CT molecular complexity index is 1120. The van der Waals surface area contributed by atoms with Gasteiger partial charge in [0.15, 0.2) is 5.13 Å². The van der Waals surface area contributed by atoms with Crippen molar-refractivity contribution < 1.29 is 13.2 Å². The number of thiazole rings is 1. The minimum absolute atomic E-state index is 0.135. The van der Waals surface area contributed by atoms with E-state index in [1.54, 1.807) is 23.9 Å². The quantitative estimate of drug-likeness (QED) is 0.477. The Balaban J connectivity index is 1.74. The summed E-state index contributed by atoms with van der Waals surface area (Å²) in [6, 6.07) is 13.6. The molecule has 2 aromatic carbocycles. The van der Waals surface area contributed by atoms with Crippen LogP contribution in [0.3, 0.4) is 0 Å². The molecule has 1 atom stereocenters. The number of benzene rings is 2. The molecule has 0 aliphatic carbocycles. The minimum Gasteiger partial charge on any atom is -0.301 e. The molecule has 0 bridgehead atoms. The smallest absolute Gasteiger partial charge is 0.244 e. The Labute approximate surface area is 191 Å². The summed E-state index contributed by atoms with van der Waals surface area (Å²) in [6.45, 7) is 3.90. The fraction of sp³-hybridized carbons (Fsp3) is 0.273. The molecule has 1 aromatic heterocycles. The molecule has 164 valence electrons. The molecule has 0 radical (unpaired) electrons. The van der Waals surface area contributed by atoms with Crippen LogP contribution in [0, 0.1) is 13.8 Å². The lowest BCUT2D eigenvalue weighted by molar-refractivity contribution is -0.117. The summed E-state index contributed by atoms with van der Waals surface area (Å²) in [4.78, 5) is 17.5. The molecule has 0 spiro atoms. The highest BCUT2D eigenvalue weighted by Crippen LogP contribution is 2.25. The van der Waals surface area contributed by atoms with Gasteiger partial charge < -0.3 is 5.32 Å². The zero-order valence-electron chi connectivity index (χ0n) is 17.6. The number of nitrogens with zero attached hydrogens (tertiary/aromatic N) is 1. The third-order valence-corrected chi connectivity index (χ3v) is 7.53. The highest BCUT2D eigenvalue weighted by Gasteiger charge is 2.26. The number of rotatable bonds is 9. The van der Waals surface area contributed by atoms with Crippen LogP contribution in [0.25, 0.3) is 11.3 Å². The van der Waals surface area contributed by atoms with E-state index < -0.39 is 22.0 Å². The van der Waals surface area contributed by atoms with Crippen molar-refractivity contribution in [3.63, 3.8) is 0 Å². The predicted molar refractivity (Wildman–Crippen MR) is 129 cm³/mol. The number of amides is 1. The van der Waals surface area contributed by atoms with Crippen LogP contribution in [-0.4, -0.2) is 37.4 Å². The van der Waals surface area contributed by atoms with Crippen LogP contribution in [0.4, 0.5) is 5.13 Å². The number of carbonyl (C=O) groups excluding carboxylic acids is 1. The number of hydrogen-bond acceptors (Lipinski definition) is 6. The summed E-state index contributed by atoms with van der Waals surface area (Å²) in [5.74, 6) is 0.218. The lowest BCUT2D eigenvalue weighted by Crippen LogP contribution is -2.44. The molecule has 1 amide bonds. The van der Waals surface area contributed by atoms with Gasteiger partial charge in [0.25, 0.3) is 0 Å². The number of hydrogen-bond donors (Lipinski definition) is 2. The number of sulfonamides is 1. The first-order chi connectivity index (χ1) is 14.8. The first kappa shape index (κ1) is 23.5. The van der Waals surface area contributed by atoms with E-state index in [4.69, 9.17) is 0 Å². The molecule has 0 aliphatic rings. The largest absolute Gasteiger partial charge is 0.301 e. The second-order valence-electron chi connectivity index (χ2n) is 7.16. The first-order valence-corrected chi connectivity index (χ1v) is 13.5. The molecule has 0 fully saturated rings. The minimum atomic E-state index is -3.82. The molecule has 0 aliphatic heterocycles. The zero-order valence-corrected chi connectivity index (χ0v) is 20.0. The standard InChI is InChI=1S/C22H25N3O3S3/c1-15-4-8-17(9-5-15)20-14-30-22(23-20)24-21(26)19(12-13-29-3)25-31(27,28)18-10-6-16(2)7-11-18/h4-11,14,19,25H,12-13H2,1-3H3,(H,23,24,26). The molecule has 31 heavy (non-hydrogen) atoms. The fourth-order valence-electron chi connectivity index (χ4n) is 2.83. The van der Waals surface area contributed by atoms with Crippen LogP contribution in [0.1, 0.15) is 17.5 Å². The van der Waals surface area contributed by atoms with Crippen LogP contribution in [0.15, 0.2) is 58.8 Å².